The van der Waals surface area contributed by atoms with E-state index in [1.54, 1.807) is 0 Å². The molecule has 1 aliphatic carbocycles. The van der Waals surface area contributed by atoms with E-state index >= 15 is 0 Å². The molecule has 2 rings (SSSR count). The molecular weight excluding hydrogens is 270 g/mol. The van der Waals surface area contributed by atoms with Crippen LogP contribution in [-0.4, -0.2) is 11.2 Å². The third kappa shape index (κ3) is 2.97. The highest BCUT2D eigenvalue weighted by molar-refractivity contribution is 7.80. The lowest BCUT2D eigenvalue weighted by atomic mass is 10.3. The highest BCUT2D eigenvalue weighted by atomic mass is 35.5. The Balaban J connectivity index is 2.05. The summed E-state index contributed by atoms with van der Waals surface area (Å²) in [6, 6.07) is 3.36. The molecule has 0 heterocycles. The minimum absolute atomic E-state index is 0.0239. The molecule has 0 atom stereocenters. The molecule has 0 spiro atoms. The normalized spacial score (nSPS) is 14.7. The molecule has 0 unspecified atom stereocenters. The summed E-state index contributed by atoms with van der Waals surface area (Å²) in [4.78, 5) is 0. The largest absolute Gasteiger partial charge is 0.360 e. The Kier molecular flexibility index (Phi) is 3.52. The van der Waals surface area contributed by atoms with E-state index in [1.165, 1.54) is 12.1 Å². The van der Waals surface area contributed by atoms with E-state index in [-0.39, 0.29) is 10.0 Å². The molecule has 0 aromatic heterocycles. The van der Waals surface area contributed by atoms with Gasteiger partial charge in [0, 0.05) is 11.7 Å². The van der Waals surface area contributed by atoms with Gasteiger partial charge in [0.05, 0.1) is 10.0 Å². The zero-order chi connectivity index (χ0) is 11.7. The number of thiocarbonyl (C=S) groups is 1. The summed E-state index contributed by atoms with van der Waals surface area (Å²) in [6.45, 7) is 0. The van der Waals surface area contributed by atoms with E-state index < -0.39 is 5.82 Å². The number of benzene rings is 1. The predicted molar refractivity (Wildman–Crippen MR) is 68.8 cm³/mol. The summed E-state index contributed by atoms with van der Waals surface area (Å²) in [5.41, 5.74) is 0.578. The van der Waals surface area contributed by atoms with Crippen LogP contribution in [0.2, 0.25) is 10.0 Å². The number of hydrogen-bond acceptors (Lipinski definition) is 1. The second-order valence-corrected chi connectivity index (χ2v) is 4.85. The highest BCUT2D eigenvalue weighted by Crippen LogP contribution is 2.27. The smallest absolute Gasteiger partial charge is 0.170 e. The van der Waals surface area contributed by atoms with Gasteiger partial charge in [0.15, 0.2) is 10.9 Å². The Morgan fingerprint density at radius 2 is 1.88 bits per heavy atom. The van der Waals surface area contributed by atoms with Crippen molar-refractivity contribution in [2.75, 3.05) is 5.32 Å². The van der Waals surface area contributed by atoms with Gasteiger partial charge in [-0.05, 0) is 37.2 Å². The Hall–Kier alpha value is -0.580. The molecule has 0 aliphatic heterocycles. The minimum Gasteiger partial charge on any atom is -0.360 e. The van der Waals surface area contributed by atoms with Crippen LogP contribution in [0.3, 0.4) is 0 Å². The molecule has 2 nitrogen and oxygen atoms in total. The van der Waals surface area contributed by atoms with E-state index in [0.29, 0.717) is 16.8 Å². The van der Waals surface area contributed by atoms with Crippen LogP contribution in [0, 0.1) is 5.82 Å². The summed E-state index contributed by atoms with van der Waals surface area (Å²) in [5.74, 6) is -0.616. The van der Waals surface area contributed by atoms with Gasteiger partial charge >= 0.3 is 0 Å². The van der Waals surface area contributed by atoms with Gasteiger partial charge < -0.3 is 10.6 Å². The first-order valence-electron chi connectivity index (χ1n) is 4.78. The van der Waals surface area contributed by atoms with Gasteiger partial charge in [0.1, 0.15) is 0 Å². The number of anilines is 1. The van der Waals surface area contributed by atoms with Crippen LogP contribution in [0.5, 0.6) is 0 Å². The summed E-state index contributed by atoms with van der Waals surface area (Å²) in [6.07, 6.45) is 2.26. The second kappa shape index (κ2) is 4.73. The van der Waals surface area contributed by atoms with Crippen LogP contribution in [-0.2, 0) is 0 Å². The summed E-state index contributed by atoms with van der Waals surface area (Å²) >= 11 is 16.4. The fourth-order valence-corrected chi connectivity index (χ4v) is 1.98. The van der Waals surface area contributed by atoms with Crippen molar-refractivity contribution >= 4 is 46.2 Å². The molecule has 0 radical (unpaired) electrons. The van der Waals surface area contributed by atoms with Gasteiger partial charge in [-0.1, -0.05) is 23.2 Å². The van der Waals surface area contributed by atoms with Crippen molar-refractivity contribution in [1.29, 1.82) is 0 Å². The monoisotopic (exact) mass is 278 g/mol. The lowest BCUT2D eigenvalue weighted by Gasteiger charge is -2.10. The fraction of sp³-hybridized carbons (Fsp3) is 0.300. The first kappa shape index (κ1) is 11.9. The van der Waals surface area contributed by atoms with Crippen LogP contribution in [0.15, 0.2) is 12.1 Å². The average Bonchev–Trinajstić information content (AvgIpc) is 2.97. The maximum atomic E-state index is 13.1. The molecule has 1 aliphatic rings. The zero-order valence-corrected chi connectivity index (χ0v) is 10.5. The average molecular weight is 279 g/mol. The van der Waals surface area contributed by atoms with Crippen molar-refractivity contribution in [1.82, 2.24) is 5.32 Å². The number of hydrogen-bond donors (Lipinski definition) is 2. The van der Waals surface area contributed by atoms with Gasteiger partial charge in [-0.2, -0.15) is 0 Å². The Morgan fingerprint density at radius 3 is 2.38 bits per heavy atom. The molecule has 86 valence electrons. The Morgan fingerprint density at radius 1 is 1.31 bits per heavy atom. The predicted octanol–water partition coefficient (Wildman–Crippen LogP) is 3.58. The SMILES string of the molecule is Fc1c(Cl)cc(NC(=S)NC2CC2)cc1Cl. The van der Waals surface area contributed by atoms with Crippen LogP contribution >= 0.6 is 35.4 Å². The van der Waals surface area contributed by atoms with Crippen LogP contribution < -0.4 is 10.6 Å². The minimum atomic E-state index is -0.616. The van der Waals surface area contributed by atoms with Gasteiger partial charge in [0.25, 0.3) is 0 Å². The zero-order valence-electron chi connectivity index (χ0n) is 8.19. The van der Waals surface area contributed by atoms with E-state index in [4.69, 9.17) is 35.4 Å². The van der Waals surface area contributed by atoms with Gasteiger partial charge in [0.2, 0.25) is 0 Å². The highest BCUT2D eigenvalue weighted by Gasteiger charge is 2.21. The molecule has 1 saturated carbocycles. The van der Waals surface area contributed by atoms with Gasteiger partial charge in [-0.3, -0.25) is 0 Å². The molecule has 0 bridgehead atoms. The summed E-state index contributed by atoms with van der Waals surface area (Å²) < 4.78 is 13.1. The third-order valence-corrected chi connectivity index (χ3v) is 2.92. The summed E-state index contributed by atoms with van der Waals surface area (Å²) in [7, 11) is 0. The topological polar surface area (TPSA) is 24.1 Å². The molecule has 0 saturated heterocycles. The lowest BCUT2D eigenvalue weighted by Crippen LogP contribution is -2.30. The molecule has 16 heavy (non-hydrogen) atoms. The van der Waals surface area contributed by atoms with Crippen molar-refractivity contribution in [3.8, 4) is 0 Å². The quantitative estimate of drug-likeness (QED) is 0.639. The van der Waals surface area contributed by atoms with Crippen LogP contribution in [0.25, 0.3) is 0 Å². The molecule has 1 fully saturated rings. The van der Waals surface area contributed by atoms with E-state index in [2.05, 4.69) is 10.6 Å². The fourth-order valence-electron chi connectivity index (χ4n) is 1.21. The molecule has 0 amide bonds. The lowest BCUT2D eigenvalue weighted by molar-refractivity contribution is 0.629. The third-order valence-electron chi connectivity index (χ3n) is 2.15. The van der Waals surface area contributed by atoms with Crippen LogP contribution in [0.4, 0.5) is 10.1 Å². The number of halogens is 3. The maximum absolute atomic E-state index is 13.1. The molecule has 2 N–H and O–H groups in total. The number of nitrogens with one attached hydrogen (secondary N) is 2. The van der Waals surface area contributed by atoms with E-state index in [0.717, 1.165) is 12.8 Å². The molecule has 1 aromatic carbocycles. The van der Waals surface area contributed by atoms with Crippen molar-refractivity contribution < 1.29 is 4.39 Å². The number of rotatable bonds is 2. The van der Waals surface area contributed by atoms with Crippen molar-refractivity contribution in [3.05, 3.63) is 28.0 Å². The first-order valence-corrected chi connectivity index (χ1v) is 5.95. The van der Waals surface area contributed by atoms with Crippen LogP contribution in [0.1, 0.15) is 12.8 Å². The Bertz CT molecular complexity index is 412. The van der Waals surface area contributed by atoms with Gasteiger partial charge in [-0.25, -0.2) is 4.39 Å². The van der Waals surface area contributed by atoms with Crippen molar-refractivity contribution in [2.45, 2.75) is 18.9 Å². The van der Waals surface area contributed by atoms with Gasteiger partial charge in [-0.15, -0.1) is 0 Å². The second-order valence-electron chi connectivity index (χ2n) is 3.63. The van der Waals surface area contributed by atoms with E-state index in [9.17, 15) is 4.39 Å². The standard InChI is InChI=1S/C10H9Cl2FN2S/c11-7-3-6(4-8(12)9(7)13)15-10(16)14-5-1-2-5/h3-5H,1-2H2,(H2,14,15,16). The first-order chi connectivity index (χ1) is 7.56. The molecule has 6 heteroatoms. The maximum Gasteiger partial charge on any atom is 0.170 e. The van der Waals surface area contributed by atoms with Crippen molar-refractivity contribution in [3.63, 3.8) is 0 Å². The van der Waals surface area contributed by atoms with Crippen molar-refractivity contribution in [2.24, 2.45) is 0 Å². The molecule has 1 aromatic rings. The van der Waals surface area contributed by atoms with E-state index in [1.807, 2.05) is 0 Å². The molecular formula is C10H9Cl2FN2S. The summed E-state index contributed by atoms with van der Waals surface area (Å²) in [5, 5.41) is 6.46. The Labute approximate surface area is 108 Å².